The van der Waals surface area contributed by atoms with Crippen LogP contribution >= 0.6 is 12.4 Å². The minimum absolute atomic E-state index is 0. The highest BCUT2D eigenvalue weighted by Crippen LogP contribution is 2.32. The summed E-state index contributed by atoms with van der Waals surface area (Å²) >= 11 is 0. The Labute approximate surface area is 177 Å². The van der Waals surface area contributed by atoms with Crippen molar-refractivity contribution in [1.29, 1.82) is 0 Å². The van der Waals surface area contributed by atoms with Crippen LogP contribution in [-0.2, 0) is 4.79 Å². The normalized spacial score (nSPS) is 17.3. The number of hydrogen-bond donors (Lipinski definition) is 0. The van der Waals surface area contributed by atoms with Crippen LogP contribution in [0.5, 0.6) is 11.5 Å². The van der Waals surface area contributed by atoms with Crippen molar-refractivity contribution >= 4 is 30.2 Å². The van der Waals surface area contributed by atoms with E-state index in [-0.39, 0.29) is 24.1 Å². The first-order valence-corrected chi connectivity index (χ1v) is 9.32. The van der Waals surface area contributed by atoms with Crippen LogP contribution in [0.2, 0.25) is 0 Å². The molecule has 0 N–H and O–H groups in total. The van der Waals surface area contributed by atoms with Crippen LogP contribution in [0.1, 0.15) is 28.8 Å². The smallest absolute Gasteiger partial charge is 0.343 e. The summed E-state index contributed by atoms with van der Waals surface area (Å²) in [6.45, 7) is 0.772. The number of carbonyl (C=O) groups excluding carboxylic acids is 2. The summed E-state index contributed by atoms with van der Waals surface area (Å²) < 4.78 is 10.9. The molecule has 29 heavy (non-hydrogen) atoms. The summed E-state index contributed by atoms with van der Waals surface area (Å²) in [6.07, 6.45) is 3.57. The topological polar surface area (TPSA) is 55.8 Å². The minimum Gasteiger partial charge on any atom is -0.493 e. The van der Waals surface area contributed by atoms with Gasteiger partial charge in [0.15, 0.2) is 17.3 Å². The number of nitrogens with zero attached hydrogens (tertiary/aromatic N) is 1. The van der Waals surface area contributed by atoms with Gasteiger partial charge in [0.2, 0.25) is 0 Å². The monoisotopic (exact) mass is 415 g/mol. The average molecular weight is 416 g/mol. The van der Waals surface area contributed by atoms with E-state index in [1.807, 2.05) is 37.2 Å². The maximum Gasteiger partial charge on any atom is 0.343 e. The zero-order valence-corrected chi connectivity index (χ0v) is 17.7. The quantitative estimate of drug-likeness (QED) is 0.401. The number of allylic oxidation sites excluding steroid dienone is 1. The fourth-order valence-electron chi connectivity index (χ4n) is 3.40. The van der Waals surface area contributed by atoms with Crippen LogP contribution in [0.15, 0.2) is 54.1 Å². The third kappa shape index (κ3) is 5.68. The first-order chi connectivity index (χ1) is 13.5. The number of esters is 1. The van der Waals surface area contributed by atoms with E-state index >= 15 is 0 Å². The van der Waals surface area contributed by atoms with Crippen LogP contribution in [-0.4, -0.2) is 44.4 Å². The van der Waals surface area contributed by atoms with E-state index in [0.29, 0.717) is 17.1 Å². The summed E-state index contributed by atoms with van der Waals surface area (Å²) in [5, 5.41) is 0. The second-order valence-corrected chi connectivity index (χ2v) is 7.20. The maximum absolute atomic E-state index is 12.6. The van der Waals surface area contributed by atoms with Gasteiger partial charge in [0, 0.05) is 12.5 Å². The number of ether oxygens (including phenoxy) is 2. The van der Waals surface area contributed by atoms with E-state index in [2.05, 4.69) is 0 Å². The van der Waals surface area contributed by atoms with Gasteiger partial charge in [-0.25, -0.2) is 4.79 Å². The second kappa shape index (κ2) is 10.2. The van der Waals surface area contributed by atoms with E-state index in [0.717, 1.165) is 30.5 Å². The number of rotatable bonds is 6. The van der Waals surface area contributed by atoms with Crippen molar-refractivity contribution in [3.05, 3.63) is 65.2 Å². The maximum atomic E-state index is 12.6. The van der Waals surface area contributed by atoms with Gasteiger partial charge in [-0.2, -0.15) is 0 Å². The zero-order valence-electron chi connectivity index (χ0n) is 16.9. The Kier molecular flexibility index (Phi) is 8.00. The molecule has 0 amide bonds. The average Bonchev–Trinajstić information content (AvgIpc) is 3.02. The summed E-state index contributed by atoms with van der Waals surface area (Å²) in [6, 6.07) is 14.1. The molecular weight excluding hydrogens is 390 g/mol. The van der Waals surface area contributed by atoms with Crippen molar-refractivity contribution in [3.8, 4) is 11.5 Å². The molecule has 1 aliphatic carbocycles. The fourth-order valence-corrected chi connectivity index (χ4v) is 3.40. The predicted molar refractivity (Wildman–Crippen MR) is 116 cm³/mol. The molecule has 0 saturated heterocycles. The Morgan fingerprint density at radius 1 is 1.14 bits per heavy atom. The zero-order chi connectivity index (χ0) is 20.1. The number of methoxy groups -OCH3 is 1. The predicted octanol–water partition coefficient (Wildman–Crippen LogP) is 4.26. The highest BCUT2D eigenvalue weighted by molar-refractivity contribution is 6.03. The van der Waals surface area contributed by atoms with Crippen LogP contribution in [0.3, 0.4) is 0 Å². The lowest BCUT2D eigenvalue weighted by Crippen LogP contribution is -2.24. The van der Waals surface area contributed by atoms with E-state index < -0.39 is 5.97 Å². The Balaban J connectivity index is 0.00000300. The number of ketones is 1. The number of benzene rings is 2. The summed E-state index contributed by atoms with van der Waals surface area (Å²) in [7, 11) is 5.49. The number of Topliss-reactive ketones (excluding diaryl/α,β-unsaturated/α-hetero) is 1. The first kappa shape index (κ1) is 22.7. The number of carbonyl (C=O) groups is 2. The van der Waals surface area contributed by atoms with Crippen LogP contribution in [0.25, 0.3) is 6.08 Å². The van der Waals surface area contributed by atoms with Gasteiger partial charge in [0.1, 0.15) is 0 Å². The summed E-state index contributed by atoms with van der Waals surface area (Å²) in [4.78, 5) is 26.9. The van der Waals surface area contributed by atoms with E-state index in [1.54, 1.807) is 36.4 Å². The van der Waals surface area contributed by atoms with Gasteiger partial charge in [0.05, 0.1) is 12.7 Å². The molecule has 1 unspecified atom stereocenters. The standard InChI is InChI=1S/C23H25NO4.ClH/c1-24(2)15-19-11-10-18(22(19)25)13-16-9-12-20(21(14-16)27-3)28-23(26)17-7-5-4-6-8-17;/h4-9,12-14,19H,10-11,15H2,1-3H3;1H. The van der Waals surface area contributed by atoms with Crippen LogP contribution in [0.4, 0.5) is 0 Å². The Morgan fingerprint density at radius 2 is 1.86 bits per heavy atom. The Hall–Kier alpha value is -2.63. The molecule has 1 aliphatic rings. The summed E-state index contributed by atoms with van der Waals surface area (Å²) in [5.41, 5.74) is 2.16. The molecular formula is C23H26ClNO4. The second-order valence-electron chi connectivity index (χ2n) is 7.20. The molecule has 0 heterocycles. The SMILES string of the molecule is COc1cc(C=C2CCC(CN(C)C)C2=O)ccc1OC(=O)c1ccccc1.Cl. The highest BCUT2D eigenvalue weighted by atomic mass is 35.5. The molecule has 0 bridgehead atoms. The molecule has 2 aromatic rings. The lowest BCUT2D eigenvalue weighted by molar-refractivity contribution is -0.118. The van der Waals surface area contributed by atoms with Gasteiger partial charge in [0.25, 0.3) is 0 Å². The molecule has 154 valence electrons. The van der Waals surface area contributed by atoms with Gasteiger partial charge in [-0.15, -0.1) is 12.4 Å². The highest BCUT2D eigenvalue weighted by Gasteiger charge is 2.29. The molecule has 6 heteroatoms. The molecule has 1 saturated carbocycles. The number of halogens is 1. The van der Waals surface area contributed by atoms with Gasteiger partial charge >= 0.3 is 5.97 Å². The summed E-state index contributed by atoms with van der Waals surface area (Å²) in [5.74, 6) is 0.639. The van der Waals surface area contributed by atoms with Crippen molar-refractivity contribution in [2.75, 3.05) is 27.7 Å². The molecule has 3 rings (SSSR count). The van der Waals surface area contributed by atoms with Crippen LogP contribution in [0, 0.1) is 5.92 Å². The third-order valence-corrected chi connectivity index (χ3v) is 4.78. The molecule has 1 fully saturated rings. The number of hydrogen-bond acceptors (Lipinski definition) is 5. The molecule has 0 radical (unpaired) electrons. The third-order valence-electron chi connectivity index (χ3n) is 4.78. The van der Waals surface area contributed by atoms with Crippen molar-refractivity contribution in [2.24, 2.45) is 5.92 Å². The minimum atomic E-state index is -0.442. The first-order valence-electron chi connectivity index (χ1n) is 9.32. The molecule has 5 nitrogen and oxygen atoms in total. The molecule has 0 aliphatic heterocycles. The van der Waals surface area contributed by atoms with Crippen molar-refractivity contribution < 1.29 is 19.1 Å². The lowest BCUT2D eigenvalue weighted by atomic mass is 10.0. The molecule has 0 spiro atoms. The van der Waals surface area contributed by atoms with Crippen molar-refractivity contribution in [1.82, 2.24) is 4.90 Å². The lowest BCUT2D eigenvalue weighted by Gasteiger charge is -2.13. The van der Waals surface area contributed by atoms with Gasteiger partial charge in [-0.1, -0.05) is 24.3 Å². The van der Waals surface area contributed by atoms with E-state index in [4.69, 9.17) is 9.47 Å². The van der Waals surface area contributed by atoms with Gasteiger partial charge < -0.3 is 14.4 Å². The molecule has 1 atom stereocenters. The Bertz CT molecular complexity index is 893. The van der Waals surface area contributed by atoms with Crippen LogP contribution < -0.4 is 9.47 Å². The molecule has 0 aromatic heterocycles. The van der Waals surface area contributed by atoms with Crippen molar-refractivity contribution in [2.45, 2.75) is 12.8 Å². The van der Waals surface area contributed by atoms with Gasteiger partial charge in [-0.3, -0.25) is 4.79 Å². The Morgan fingerprint density at radius 3 is 2.52 bits per heavy atom. The molecule has 2 aromatic carbocycles. The van der Waals surface area contributed by atoms with E-state index in [9.17, 15) is 9.59 Å². The largest absolute Gasteiger partial charge is 0.493 e. The van der Waals surface area contributed by atoms with E-state index in [1.165, 1.54) is 7.11 Å². The van der Waals surface area contributed by atoms with Crippen molar-refractivity contribution in [3.63, 3.8) is 0 Å². The fraction of sp³-hybridized carbons (Fsp3) is 0.304. The van der Waals surface area contributed by atoms with Gasteiger partial charge in [-0.05, 0) is 68.4 Å².